The summed E-state index contributed by atoms with van der Waals surface area (Å²) in [5.74, 6) is -0.0901. The van der Waals surface area contributed by atoms with Crippen molar-refractivity contribution in [1.29, 1.82) is 0 Å². The highest BCUT2D eigenvalue weighted by Crippen LogP contribution is 2.37. The van der Waals surface area contributed by atoms with E-state index in [1.807, 2.05) is 25.1 Å². The van der Waals surface area contributed by atoms with Crippen LogP contribution < -0.4 is 10.1 Å². The summed E-state index contributed by atoms with van der Waals surface area (Å²) in [4.78, 5) is 17.4. The molecular weight excluding hydrogens is 550 g/mol. The normalized spacial score (nSPS) is 15.8. The van der Waals surface area contributed by atoms with Crippen LogP contribution in [0.25, 0.3) is 6.08 Å². The molecule has 9 heteroatoms. The molecule has 0 unspecified atom stereocenters. The van der Waals surface area contributed by atoms with Gasteiger partial charge in [0.05, 0.1) is 20.1 Å². The Morgan fingerprint density at radius 2 is 1.91 bits per heavy atom. The first-order chi connectivity index (χ1) is 15.8. The molecule has 4 rings (SSSR count). The maximum absolute atomic E-state index is 13.1. The first kappa shape index (κ1) is 23.8. The summed E-state index contributed by atoms with van der Waals surface area (Å²) in [5.41, 5.74) is 3.07. The van der Waals surface area contributed by atoms with Gasteiger partial charge in [0, 0.05) is 5.02 Å². The number of benzene rings is 3. The maximum Gasteiger partial charge on any atom is 0.264 e. The van der Waals surface area contributed by atoms with Crippen LogP contribution in [0.2, 0.25) is 10.0 Å². The molecule has 3 aromatic carbocycles. The van der Waals surface area contributed by atoms with Gasteiger partial charge < -0.3 is 10.1 Å². The van der Waals surface area contributed by atoms with Crippen molar-refractivity contribution in [2.45, 2.75) is 13.5 Å². The van der Waals surface area contributed by atoms with E-state index in [0.717, 1.165) is 16.7 Å². The number of thioether (sulfide) groups is 1. The molecule has 0 saturated carbocycles. The third-order valence-electron chi connectivity index (χ3n) is 4.73. The number of nitrogens with zero attached hydrogens (tertiary/aromatic N) is 1. The van der Waals surface area contributed by atoms with E-state index in [0.29, 0.717) is 36.0 Å². The van der Waals surface area contributed by atoms with Crippen molar-refractivity contribution in [3.8, 4) is 5.75 Å². The molecule has 168 valence electrons. The van der Waals surface area contributed by atoms with Crippen molar-refractivity contribution >= 4 is 73.7 Å². The highest BCUT2D eigenvalue weighted by atomic mass is 79.9. The van der Waals surface area contributed by atoms with Crippen LogP contribution >= 0.6 is 50.9 Å². The van der Waals surface area contributed by atoms with E-state index in [2.05, 4.69) is 26.2 Å². The highest BCUT2D eigenvalue weighted by Gasteiger charge is 2.24. The molecule has 1 heterocycles. The number of hydrogen-bond donors (Lipinski definition) is 1. The Balaban J connectivity index is 1.51. The van der Waals surface area contributed by atoms with Crippen molar-refractivity contribution in [3.05, 3.63) is 96.5 Å². The minimum absolute atomic E-state index is 0.236. The van der Waals surface area contributed by atoms with Crippen LogP contribution in [0.15, 0.2) is 69.0 Å². The molecule has 1 saturated heterocycles. The Kier molecular flexibility index (Phi) is 7.44. The molecule has 0 spiro atoms. The molecule has 4 nitrogen and oxygen atoms in total. The quantitative estimate of drug-likeness (QED) is 0.323. The largest absolute Gasteiger partial charge is 0.486 e. The van der Waals surface area contributed by atoms with Crippen LogP contribution in [0.3, 0.4) is 0 Å². The summed E-state index contributed by atoms with van der Waals surface area (Å²) in [6.45, 7) is 2.11. The van der Waals surface area contributed by atoms with Gasteiger partial charge in [-0.25, -0.2) is 9.38 Å². The molecule has 33 heavy (non-hydrogen) atoms. The van der Waals surface area contributed by atoms with E-state index in [9.17, 15) is 9.18 Å². The predicted octanol–water partition coefficient (Wildman–Crippen LogP) is 7.67. The zero-order valence-corrected chi connectivity index (χ0v) is 21.1. The Morgan fingerprint density at radius 1 is 1.15 bits per heavy atom. The van der Waals surface area contributed by atoms with E-state index in [-0.39, 0.29) is 18.3 Å². The first-order valence-electron chi connectivity index (χ1n) is 9.71. The molecule has 0 radical (unpaired) electrons. The van der Waals surface area contributed by atoms with Crippen molar-refractivity contribution in [2.75, 3.05) is 0 Å². The number of carbonyl (C=O) groups excluding carboxylic acids is 1. The SMILES string of the molecule is Cc1c(Cl)cccc1N=C1NC(=O)/C(=C\c2cc(Cl)c(OCc3ccc(F)cc3)c(Br)c2)S1. The Labute approximate surface area is 213 Å². The lowest BCUT2D eigenvalue weighted by Crippen LogP contribution is -2.19. The standard InChI is InChI=1S/C24H16BrCl2FN2O2S/c1-13-18(26)3-2-4-20(13)29-24-30-23(31)21(33-24)11-15-9-17(25)22(19(27)10-15)32-12-14-5-7-16(28)8-6-14/h2-11H,12H2,1H3,(H,29,30,31)/b21-11+. The van der Waals surface area contributed by atoms with E-state index >= 15 is 0 Å². The smallest absolute Gasteiger partial charge is 0.264 e. The van der Waals surface area contributed by atoms with Gasteiger partial charge in [-0.2, -0.15) is 0 Å². The molecular formula is C24H16BrCl2FN2O2S. The fraction of sp³-hybridized carbons (Fsp3) is 0.0833. The molecule has 0 aliphatic carbocycles. The van der Waals surface area contributed by atoms with Gasteiger partial charge in [-0.1, -0.05) is 41.4 Å². The van der Waals surface area contributed by atoms with E-state index in [4.69, 9.17) is 27.9 Å². The fourth-order valence-corrected chi connectivity index (χ4v) is 4.99. The third kappa shape index (κ3) is 5.79. The second kappa shape index (κ2) is 10.3. The Bertz CT molecular complexity index is 1270. The van der Waals surface area contributed by atoms with Crippen LogP contribution in [0, 0.1) is 12.7 Å². The van der Waals surface area contributed by atoms with E-state index < -0.39 is 0 Å². The highest BCUT2D eigenvalue weighted by molar-refractivity contribution is 9.10. The van der Waals surface area contributed by atoms with Gasteiger partial charge in [-0.15, -0.1) is 0 Å². The van der Waals surface area contributed by atoms with Gasteiger partial charge in [-0.3, -0.25) is 4.79 Å². The van der Waals surface area contributed by atoms with Crippen LogP contribution in [0.1, 0.15) is 16.7 Å². The van der Waals surface area contributed by atoms with Gasteiger partial charge in [0.15, 0.2) is 10.9 Å². The number of nitrogens with one attached hydrogen (secondary N) is 1. The first-order valence-corrected chi connectivity index (χ1v) is 12.1. The van der Waals surface area contributed by atoms with Crippen molar-refractivity contribution in [2.24, 2.45) is 4.99 Å². The minimum atomic E-state index is -0.305. The predicted molar refractivity (Wildman–Crippen MR) is 137 cm³/mol. The van der Waals surface area contributed by atoms with Crippen molar-refractivity contribution in [1.82, 2.24) is 5.32 Å². The van der Waals surface area contributed by atoms with E-state index in [1.54, 1.807) is 30.3 Å². The molecule has 1 aliphatic heterocycles. The summed E-state index contributed by atoms with van der Waals surface area (Å²) in [6, 6.07) is 15.0. The number of amidine groups is 1. The van der Waals surface area contributed by atoms with Crippen LogP contribution in [-0.2, 0) is 11.4 Å². The zero-order valence-electron chi connectivity index (χ0n) is 17.2. The fourth-order valence-electron chi connectivity index (χ4n) is 3.00. The minimum Gasteiger partial charge on any atom is -0.486 e. The molecule has 1 N–H and O–H groups in total. The molecule has 1 fully saturated rings. The number of carbonyl (C=O) groups is 1. The lowest BCUT2D eigenvalue weighted by Gasteiger charge is -2.11. The molecule has 1 amide bonds. The summed E-state index contributed by atoms with van der Waals surface area (Å²) in [5, 5.41) is 4.24. The van der Waals surface area contributed by atoms with Gasteiger partial charge >= 0.3 is 0 Å². The number of rotatable bonds is 5. The third-order valence-corrected chi connectivity index (χ3v) is 6.92. The number of amides is 1. The second-order valence-electron chi connectivity index (χ2n) is 7.09. The van der Waals surface area contributed by atoms with Crippen LogP contribution in [0.5, 0.6) is 5.75 Å². The van der Waals surface area contributed by atoms with Crippen LogP contribution in [0.4, 0.5) is 10.1 Å². The monoisotopic (exact) mass is 564 g/mol. The van der Waals surface area contributed by atoms with Crippen LogP contribution in [-0.4, -0.2) is 11.1 Å². The van der Waals surface area contributed by atoms with Gasteiger partial charge in [-0.05, 0) is 93.8 Å². The lowest BCUT2D eigenvalue weighted by atomic mass is 10.2. The summed E-state index contributed by atoms with van der Waals surface area (Å²) < 4.78 is 19.5. The van der Waals surface area contributed by atoms with Gasteiger partial charge in [0.1, 0.15) is 12.4 Å². The summed E-state index contributed by atoms with van der Waals surface area (Å²) >= 11 is 17.3. The average molecular weight is 566 g/mol. The topological polar surface area (TPSA) is 50.7 Å². The number of ether oxygens (including phenoxy) is 1. The molecule has 0 bridgehead atoms. The van der Waals surface area contributed by atoms with E-state index in [1.165, 1.54) is 23.9 Å². The zero-order chi connectivity index (χ0) is 23.5. The number of aliphatic imine (C=N–C) groups is 1. The lowest BCUT2D eigenvalue weighted by molar-refractivity contribution is -0.115. The number of halogens is 4. The molecule has 3 aromatic rings. The average Bonchev–Trinajstić information content (AvgIpc) is 3.10. The molecule has 0 atom stereocenters. The van der Waals surface area contributed by atoms with Crippen molar-refractivity contribution < 1.29 is 13.9 Å². The van der Waals surface area contributed by atoms with Gasteiger partial charge in [0.25, 0.3) is 5.91 Å². The maximum atomic E-state index is 13.1. The Morgan fingerprint density at radius 3 is 2.64 bits per heavy atom. The second-order valence-corrected chi connectivity index (χ2v) is 9.79. The summed E-state index contributed by atoms with van der Waals surface area (Å²) in [6.07, 6.45) is 1.73. The molecule has 1 aliphatic rings. The number of hydrogen-bond acceptors (Lipinski definition) is 4. The molecule has 0 aromatic heterocycles. The van der Waals surface area contributed by atoms with Crippen molar-refractivity contribution in [3.63, 3.8) is 0 Å². The Hall–Kier alpha value is -2.32. The summed E-state index contributed by atoms with van der Waals surface area (Å²) in [7, 11) is 0. The van der Waals surface area contributed by atoms with Gasteiger partial charge in [0.2, 0.25) is 0 Å².